The fourth-order valence-corrected chi connectivity index (χ4v) is 10.2. The van der Waals surface area contributed by atoms with Gasteiger partial charge in [0, 0.05) is 10.8 Å². The lowest BCUT2D eigenvalue weighted by atomic mass is 9.85. The van der Waals surface area contributed by atoms with Gasteiger partial charge in [0.1, 0.15) is 11.2 Å². The molecule has 0 saturated carbocycles. The van der Waals surface area contributed by atoms with E-state index in [1.165, 1.54) is 98.5 Å². The molecule has 1 nitrogen and oxygen atoms in total. The average molecular weight is 773 g/mol. The van der Waals surface area contributed by atoms with Gasteiger partial charge in [-0.15, -0.1) is 0 Å². The largest absolute Gasteiger partial charge is 0.456 e. The van der Waals surface area contributed by atoms with Crippen molar-refractivity contribution in [2.45, 2.75) is 0 Å². The van der Waals surface area contributed by atoms with Gasteiger partial charge in [-0.3, -0.25) is 0 Å². The maximum Gasteiger partial charge on any atom is 0.136 e. The van der Waals surface area contributed by atoms with Crippen LogP contribution in [0.5, 0.6) is 0 Å². The zero-order valence-corrected chi connectivity index (χ0v) is 33.2. The second-order valence-corrected chi connectivity index (χ2v) is 16.4. The van der Waals surface area contributed by atoms with Crippen molar-refractivity contribution >= 4 is 75.8 Å². The minimum Gasteiger partial charge on any atom is -0.456 e. The van der Waals surface area contributed by atoms with Crippen molar-refractivity contribution in [3.63, 3.8) is 0 Å². The van der Waals surface area contributed by atoms with Crippen LogP contribution in [0.2, 0.25) is 0 Å². The molecule has 13 rings (SSSR count). The van der Waals surface area contributed by atoms with Crippen molar-refractivity contribution in [3.8, 4) is 55.6 Å². The first-order valence-corrected chi connectivity index (χ1v) is 21.1. The van der Waals surface area contributed by atoms with Gasteiger partial charge in [0.25, 0.3) is 0 Å². The molecule has 0 aliphatic heterocycles. The Labute approximate surface area is 352 Å². The molecule has 0 atom stereocenters. The van der Waals surface area contributed by atoms with E-state index >= 15 is 0 Å². The zero-order valence-electron chi connectivity index (χ0n) is 33.2. The van der Waals surface area contributed by atoms with Crippen LogP contribution in [-0.2, 0) is 0 Å². The Morgan fingerprint density at radius 1 is 0.213 bits per heavy atom. The van der Waals surface area contributed by atoms with Crippen LogP contribution in [0.25, 0.3) is 131 Å². The summed E-state index contributed by atoms with van der Waals surface area (Å²) in [5.41, 5.74) is 13.8. The van der Waals surface area contributed by atoms with Gasteiger partial charge in [-0.1, -0.05) is 188 Å². The van der Waals surface area contributed by atoms with E-state index < -0.39 is 0 Å². The van der Waals surface area contributed by atoms with Crippen LogP contribution in [0, 0.1) is 0 Å². The number of rotatable bonds is 5. The maximum atomic E-state index is 7.03. The van der Waals surface area contributed by atoms with E-state index in [0.717, 1.165) is 32.9 Å². The van der Waals surface area contributed by atoms with Crippen molar-refractivity contribution in [1.82, 2.24) is 0 Å². The lowest BCUT2D eigenvalue weighted by molar-refractivity contribution is 0.669. The third-order valence-electron chi connectivity index (χ3n) is 13.0. The van der Waals surface area contributed by atoms with Gasteiger partial charge < -0.3 is 4.42 Å². The van der Waals surface area contributed by atoms with Gasteiger partial charge in [-0.05, 0) is 140 Å². The number of fused-ring (bicyclic) bond motifs is 5. The third-order valence-corrected chi connectivity index (χ3v) is 13.0. The van der Waals surface area contributed by atoms with Crippen LogP contribution in [-0.4, -0.2) is 0 Å². The molecular weight excluding hydrogens is 737 g/mol. The molecule has 0 amide bonds. The first-order valence-electron chi connectivity index (χ1n) is 21.1. The lowest BCUT2D eigenvalue weighted by Gasteiger charge is -2.18. The molecule has 0 aliphatic rings. The normalized spacial score (nSPS) is 11.9. The summed E-state index contributed by atoms with van der Waals surface area (Å²) in [4.78, 5) is 0. The summed E-state index contributed by atoms with van der Waals surface area (Å²) >= 11 is 0. The molecule has 0 saturated heterocycles. The van der Waals surface area contributed by atoms with Gasteiger partial charge in [0.2, 0.25) is 0 Å². The van der Waals surface area contributed by atoms with Gasteiger partial charge in [-0.2, -0.15) is 0 Å². The Morgan fingerprint density at radius 2 is 0.721 bits per heavy atom. The van der Waals surface area contributed by atoms with Crippen LogP contribution in [0.3, 0.4) is 0 Å². The summed E-state index contributed by atoms with van der Waals surface area (Å²) in [5.74, 6) is 0. The minimum atomic E-state index is 0.884. The summed E-state index contributed by atoms with van der Waals surface area (Å²) in [6, 6.07) is 80.0. The lowest BCUT2D eigenvalue weighted by Crippen LogP contribution is -1.91. The van der Waals surface area contributed by atoms with Crippen LogP contribution in [0.4, 0.5) is 0 Å². The van der Waals surface area contributed by atoms with Crippen LogP contribution >= 0.6 is 0 Å². The molecule has 13 aromatic rings. The van der Waals surface area contributed by atoms with Crippen LogP contribution < -0.4 is 0 Å². The number of benzene rings is 12. The van der Waals surface area contributed by atoms with E-state index in [0.29, 0.717) is 0 Å². The van der Waals surface area contributed by atoms with Crippen LogP contribution in [0.1, 0.15) is 0 Å². The number of hydrogen-bond donors (Lipinski definition) is 0. The molecule has 0 radical (unpaired) electrons. The highest BCUT2D eigenvalue weighted by Crippen LogP contribution is 2.48. The highest BCUT2D eigenvalue weighted by Gasteiger charge is 2.21. The summed E-state index contributed by atoms with van der Waals surface area (Å²) in [6.45, 7) is 0. The van der Waals surface area contributed by atoms with E-state index in [-0.39, 0.29) is 0 Å². The van der Waals surface area contributed by atoms with E-state index in [2.05, 4.69) is 218 Å². The summed E-state index contributed by atoms with van der Waals surface area (Å²) in [7, 11) is 0. The Balaban J connectivity index is 1.10. The molecule has 0 fully saturated rings. The van der Waals surface area contributed by atoms with Gasteiger partial charge in [0.15, 0.2) is 0 Å². The number of furan rings is 1. The van der Waals surface area contributed by atoms with E-state index in [9.17, 15) is 0 Å². The predicted octanol–water partition coefficient (Wildman–Crippen LogP) is 17.1. The quantitative estimate of drug-likeness (QED) is 0.159. The Morgan fingerprint density at radius 3 is 1.38 bits per heavy atom. The second kappa shape index (κ2) is 13.3. The van der Waals surface area contributed by atoms with Crippen molar-refractivity contribution in [2.75, 3.05) is 0 Å². The Bertz CT molecular complexity index is 3840. The molecule has 1 heterocycles. The highest BCUT2D eigenvalue weighted by molar-refractivity contribution is 6.29. The molecule has 0 N–H and O–H groups in total. The zero-order chi connectivity index (χ0) is 40.0. The molecule has 1 aromatic heterocycles. The van der Waals surface area contributed by atoms with Gasteiger partial charge in [-0.25, -0.2) is 0 Å². The molecular formula is C60H36O. The van der Waals surface area contributed by atoms with Crippen molar-refractivity contribution < 1.29 is 4.42 Å². The smallest absolute Gasteiger partial charge is 0.136 e. The molecule has 0 spiro atoms. The average Bonchev–Trinajstić information content (AvgIpc) is 3.69. The first kappa shape index (κ1) is 33.9. The molecule has 0 bridgehead atoms. The van der Waals surface area contributed by atoms with E-state index in [1.807, 2.05) is 0 Å². The fraction of sp³-hybridized carbons (Fsp3) is 0. The first-order chi connectivity index (χ1) is 30.2. The highest BCUT2D eigenvalue weighted by atomic mass is 16.3. The van der Waals surface area contributed by atoms with Gasteiger partial charge >= 0.3 is 0 Å². The summed E-state index contributed by atoms with van der Waals surface area (Å²) in [5, 5.41) is 14.7. The monoisotopic (exact) mass is 772 g/mol. The molecule has 282 valence electrons. The van der Waals surface area contributed by atoms with Crippen LogP contribution in [0.15, 0.2) is 223 Å². The minimum absolute atomic E-state index is 0.884. The van der Waals surface area contributed by atoms with Crippen molar-refractivity contribution in [3.05, 3.63) is 218 Å². The molecule has 0 unspecified atom stereocenters. The number of hydrogen-bond acceptors (Lipinski definition) is 1. The third kappa shape index (κ3) is 5.27. The summed E-state index contributed by atoms with van der Waals surface area (Å²) in [6.07, 6.45) is 0. The standard InChI is InChI=1S/C60H36O/c1-4-12-37(13-5-1)42-20-21-43-33-55-56(35-44(43)32-42)61-57-36-45(48-31-30-46(38-14-6-2-7-15-38)49-18-10-11-19-50(48)49)34-54(60(55)57)51-27-23-41-24-28-52-47(39-16-8-3-9-17-39)26-22-40-25-29-53(51)59(41)58(40)52/h1-36H. The maximum absolute atomic E-state index is 7.03. The molecule has 0 aliphatic carbocycles. The van der Waals surface area contributed by atoms with E-state index in [1.54, 1.807) is 0 Å². The van der Waals surface area contributed by atoms with Gasteiger partial charge in [0.05, 0.1) is 0 Å². The Hall–Kier alpha value is -8.00. The SMILES string of the molecule is c1ccc(-c2ccc3cc4c(cc3c2)oc2cc(-c3ccc(-c5ccccc5)c5ccccc35)cc(-c3ccc5ccc6c(-c7ccccc7)ccc7ccc3c5c76)c24)cc1. The molecule has 61 heavy (non-hydrogen) atoms. The fourth-order valence-electron chi connectivity index (χ4n) is 10.2. The van der Waals surface area contributed by atoms with E-state index in [4.69, 9.17) is 4.42 Å². The molecule has 1 heteroatoms. The summed E-state index contributed by atoms with van der Waals surface area (Å²) < 4.78 is 7.03. The predicted molar refractivity (Wildman–Crippen MR) is 260 cm³/mol. The second-order valence-electron chi connectivity index (χ2n) is 16.4. The Kier molecular flexibility index (Phi) is 7.37. The van der Waals surface area contributed by atoms with Crippen molar-refractivity contribution in [1.29, 1.82) is 0 Å². The molecule has 12 aromatic carbocycles. The topological polar surface area (TPSA) is 13.1 Å². The van der Waals surface area contributed by atoms with Crippen molar-refractivity contribution in [2.24, 2.45) is 0 Å².